The minimum Gasteiger partial charge on any atom is -0.456 e. The Balaban J connectivity index is 0.000000347. The molecule has 4 bridgehead atoms. The van der Waals surface area contributed by atoms with Crippen molar-refractivity contribution in [2.24, 2.45) is 64.3 Å². The van der Waals surface area contributed by atoms with Gasteiger partial charge < -0.3 is 92.4 Å². The van der Waals surface area contributed by atoms with Gasteiger partial charge in [0, 0.05) is 98.8 Å². The van der Waals surface area contributed by atoms with Crippen LogP contribution >= 0.6 is 0 Å². The number of carbonyl (C=O) groups is 7. The standard InChI is InChI=1S/C44H72N2O11.C43H69NO12.C2H7NO/c1-11-32-21-26(2)20-27(3)22-37(53-8)40-38(54-9)24-30(6)44(51,57-40)41(48)42(49)46-19-13-12-14-34(46)43(50)56-39(28(4)15-17-33(32)45-55-10)29(5)23-31-16-18-35(47)36(25-31)52-7;1-10-30-18-24(2)17-25(3)19-36(53-8)39-37(54-9)21-27(5)43(51,56-39)40(48)41(49)44-16-12-11-13-31(44)42(50)55-38(28(6)33(46)23-34(30)47)26(4)20-29-14-15-32(45)35(22-29)52-7;1-3-4-2/h21,23,27-28,30-32,34-40,47,51H,11-20,22,24-25H2,1-10H3;18,20,25,27-33,35-39,45-46,51H,10-17,19,21-23H2,1-9H3;3H,1-2H3/b26-21+,29-23+,45-33?;24-18+,26-20+;/t27-,28+,30+,31-,32+,34-,35+,36+,37-,38-,39-,40+,44+;25-,27+,28+,29-,30+,31-,32+,33-,35+,36-,37-,38+,39+,43+;/m00./s1. The predicted octanol–water partition coefficient (Wildman–Crippen LogP) is 10.2. The fourth-order valence-electron chi connectivity index (χ4n) is 19.0. The number of hydrogen-bond donors (Lipinski definition) is 6. The van der Waals surface area contributed by atoms with Crippen molar-refractivity contribution < 1.29 is 116 Å². The number of carbonyl (C=O) groups excluding carboxylic acids is 7. The first-order valence-electron chi connectivity index (χ1n) is 43.2. The lowest BCUT2D eigenvalue weighted by atomic mass is 9.81. The van der Waals surface area contributed by atoms with Crippen molar-refractivity contribution in [1.82, 2.24) is 15.3 Å². The Morgan fingerprint density at radius 3 is 1.31 bits per heavy atom. The smallest absolute Gasteiger partial charge is 0.329 e. The van der Waals surface area contributed by atoms with E-state index in [4.69, 9.17) is 52.2 Å². The zero-order valence-electron chi connectivity index (χ0n) is 74.3. The van der Waals surface area contributed by atoms with Gasteiger partial charge in [0.1, 0.15) is 49.4 Å². The molecule has 2 saturated carbocycles. The van der Waals surface area contributed by atoms with Crippen LogP contribution in [0.4, 0.5) is 0 Å². The van der Waals surface area contributed by atoms with Crippen molar-refractivity contribution in [2.75, 3.05) is 77.0 Å². The van der Waals surface area contributed by atoms with E-state index in [0.29, 0.717) is 108 Å². The molecule has 0 spiro atoms. The lowest BCUT2D eigenvalue weighted by Crippen LogP contribution is -2.64. The molecule has 27 atom stereocenters. The quantitative estimate of drug-likeness (QED) is 0.0407. The van der Waals surface area contributed by atoms with E-state index in [-0.39, 0.29) is 92.3 Å². The number of cyclic esters (lactones) is 2. The van der Waals surface area contributed by atoms with Crippen molar-refractivity contribution in [1.29, 1.82) is 0 Å². The Morgan fingerprint density at radius 1 is 0.521 bits per heavy atom. The molecule has 6 N–H and O–H groups in total. The van der Waals surface area contributed by atoms with E-state index in [1.165, 1.54) is 29.6 Å². The summed E-state index contributed by atoms with van der Waals surface area (Å²) in [5, 5.41) is 61.1. The number of esters is 2. The Morgan fingerprint density at radius 2 is 0.915 bits per heavy atom. The number of hydrogen-bond acceptors (Lipinski definition) is 26. The molecule has 668 valence electrons. The number of hydroxylamine groups is 1. The topological polar surface area (TPSA) is 362 Å². The molecule has 6 aliphatic heterocycles. The van der Waals surface area contributed by atoms with Crippen LogP contribution in [-0.4, -0.2) is 262 Å². The van der Waals surface area contributed by atoms with Crippen LogP contribution in [0.25, 0.3) is 0 Å². The van der Waals surface area contributed by atoms with Crippen LogP contribution in [-0.2, 0) is 90.6 Å². The molecule has 117 heavy (non-hydrogen) atoms. The van der Waals surface area contributed by atoms with Crippen LogP contribution in [0.1, 0.15) is 231 Å². The van der Waals surface area contributed by atoms with Gasteiger partial charge in [-0.25, -0.2) is 15.1 Å². The van der Waals surface area contributed by atoms with Crippen LogP contribution in [0, 0.1) is 59.2 Å². The van der Waals surface area contributed by atoms with E-state index in [0.717, 1.165) is 36.1 Å². The summed E-state index contributed by atoms with van der Waals surface area (Å²) < 4.78 is 59.9. The van der Waals surface area contributed by atoms with Gasteiger partial charge in [0.2, 0.25) is 11.6 Å². The average Bonchev–Trinajstić information content (AvgIpc) is 0.816. The lowest BCUT2D eigenvalue weighted by Gasteiger charge is -2.47. The molecular formula is C89H148N4O24. The van der Waals surface area contributed by atoms with Crippen LogP contribution in [0.15, 0.2) is 51.8 Å². The number of fused-ring (bicyclic) bond motifs is 6. The monoisotopic (exact) mass is 1660 g/mol. The first-order chi connectivity index (χ1) is 55.5. The molecule has 28 heteroatoms. The van der Waals surface area contributed by atoms with Crippen LogP contribution < -0.4 is 5.48 Å². The van der Waals surface area contributed by atoms with Crippen molar-refractivity contribution in [2.45, 2.75) is 334 Å². The van der Waals surface area contributed by atoms with Crippen LogP contribution in [0.2, 0.25) is 0 Å². The molecule has 0 aromatic heterocycles. The van der Waals surface area contributed by atoms with Crippen molar-refractivity contribution in [3.8, 4) is 0 Å². The molecule has 4 saturated heterocycles. The molecule has 0 aromatic carbocycles. The zero-order chi connectivity index (χ0) is 86.9. The second kappa shape index (κ2) is 48.0. The lowest BCUT2D eigenvalue weighted by molar-refractivity contribution is -0.302. The number of ketones is 3. The zero-order valence-corrected chi connectivity index (χ0v) is 74.3. The molecule has 8 aliphatic rings. The summed E-state index contributed by atoms with van der Waals surface area (Å²) in [7, 11) is 14.2. The van der Waals surface area contributed by atoms with E-state index in [9.17, 15) is 59.1 Å². The first-order valence-corrected chi connectivity index (χ1v) is 43.2. The van der Waals surface area contributed by atoms with Gasteiger partial charge in [-0.2, -0.15) is 0 Å². The summed E-state index contributed by atoms with van der Waals surface area (Å²) >= 11 is 0. The number of ether oxygens (including phenoxy) is 10. The summed E-state index contributed by atoms with van der Waals surface area (Å²) in [5.41, 5.74) is 7.06. The van der Waals surface area contributed by atoms with E-state index < -0.39 is 150 Å². The van der Waals surface area contributed by atoms with Gasteiger partial charge in [-0.05, 0) is 210 Å². The highest BCUT2D eigenvalue weighted by atomic mass is 16.7. The number of rotatable bonds is 14. The van der Waals surface area contributed by atoms with Crippen LogP contribution in [0.3, 0.4) is 0 Å². The number of allylic oxidation sites excluding steroid dienone is 6. The third-order valence-corrected chi connectivity index (χ3v) is 26.1. The largest absolute Gasteiger partial charge is 0.456 e. The van der Waals surface area contributed by atoms with E-state index in [1.807, 2.05) is 39.8 Å². The number of piperidine rings is 2. The Labute approximate surface area is 696 Å². The Kier molecular flexibility index (Phi) is 41.2. The van der Waals surface area contributed by atoms with Gasteiger partial charge >= 0.3 is 11.9 Å². The highest BCUT2D eigenvalue weighted by Crippen LogP contribution is 2.43. The maximum absolute atomic E-state index is 14.4. The molecule has 0 aromatic rings. The molecular weight excluding hydrogens is 1510 g/mol. The summed E-state index contributed by atoms with van der Waals surface area (Å²) in [6.45, 7) is 23.5. The molecule has 8 rings (SSSR count). The number of nitrogens with one attached hydrogen (secondary N) is 1. The molecule has 0 radical (unpaired) electrons. The second-order valence-electron chi connectivity index (χ2n) is 34.9. The fourth-order valence-corrected chi connectivity index (χ4v) is 19.0. The van der Waals surface area contributed by atoms with Gasteiger partial charge in [-0.15, -0.1) is 0 Å². The van der Waals surface area contributed by atoms with Crippen LogP contribution in [0.5, 0.6) is 0 Å². The predicted molar refractivity (Wildman–Crippen MR) is 440 cm³/mol. The molecule has 0 unspecified atom stereocenters. The Bertz CT molecular complexity index is 3340. The average molecular weight is 1660 g/mol. The number of nitrogens with zero attached hydrogens (tertiary/aromatic N) is 3. The summed E-state index contributed by atoms with van der Waals surface area (Å²) in [4.78, 5) is 111. The van der Waals surface area contributed by atoms with E-state index >= 15 is 0 Å². The number of methoxy groups -OCH3 is 6. The van der Waals surface area contributed by atoms with E-state index in [2.05, 4.69) is 62.2 Å². The first kappa shape index (κ1) is 101. The van der Waals surface area contributed by atoms with Crippen molar-refractivity contribution in [3.63, 3.8) is 0 Å². The molecule has 2 amide bonds. The number of Topliss-reactive ketones (excluding diaryl/α,β-unsaturated/α-hetero) is 3. The minimum absolute atomic E-state index is 0.000914. The maximum atomic E-state index is 14.4. The number of aliphatic hydroxyl groups is 5. The third kappa shape index (κ3) is 26.6. The van der Waals surface area contributed by atoms with Gasteiger partial charge in [0.05, 0.1) is 67.8 Å². The van der Waals surface area contributed by atoms with Gasteiger partial charge in [0.15, 0.2) is 0 Å². The fraction of sp³-hybridized carbons (Fsp3) is 0.820. The third-order valence-electron chi connectivity index (χ3n) is 26.1. The normalized spacial score (nSPS) is 39.8. The second-order valence-corrected chi connectivity index (χ2v) is 34.9. The van der Waals surface area contributed by atoms with Crippen molar-refractivity contribution in [3.05, 3.63) is 46.6 Å². The van der Waals surface area contributed by atoms with Gasteiger partial charge in [-0.1, -0.05) is 96.0 Å². The number of oxime groups is 1. The molecule has 6 heterocycles. The Hall–Kier alpha value is -5.28. The summed E-state index contributed by atoms with van der Waals surface area (Å²) in [5.74, 6) is -13.3. The van der Waals surface area contributed by atoms with E-state index in [1.54, 1.807) is 70.5 Å². The molecule has 28 nitrogen and oxygen atoms in total. The highest BCUT2D eigenvalue weighted by Gasteiger charge is 2.59. The maximum Gasteiger partial charge on any atom is 0.329 e. The highest BCUT2D eigenvalue weighted by molar-refractivity contribution is 6.39. The molecule has 2 aliphatic carbocycles. The van der Waals surface area contributed by atoms with Crippen molar-refractivity contribution >= 4 is 46.8 Å². The molecule has 6 fully saturated rings. The summed E-state index contributed by atoms with van der Waals surface area (Å²) in [6.07, 6.45) is 12.0. The number of amides is 2. The summed E-state index contributed by atoms with van der Waals surface area (Å²) in [6, 6.07) is -2.15. The number of aliphatic hydroxyl groups excluding tert-OH is 3. The SMILES string of the molecule is CC[C@@H]1/C=C(\C)C[C@H](C)C[C@H](OC)[C@H]2O[C@@](O)(C(=O)C(=O)N3CCCC[C@H]3C(=O)O[C@H](/C(C)=C/[C@@H]3CC[C@@H](O)[C@H](OC)C3)[C@H](C)CCC1=NOC)[C@H](C)C[C@@H]2OC.CC[C@@H]1/C=C(\C)C[C@H](C)C[C@H](OC)[C@H]2O[C@@](O)(C(=O)C(=O)N3CCCC[C@H]3C(=O)O[C@H](/C(C)=C/[C@@H]3CC[C@@H](O)[C@H](OC)C3)[C@H](C)[C@@H](O)CC1=O)[C@H](C)C[C@@H]2OC.CNOC. The van der Waals surface area contributed by atoms with Gasteiger partial charge in [-0.3, -0.25) is 24.0 Å². The minimum atomic E-state index is -2.50. The van der Waals surface area contributed by atoms with Gasteiger partial charge in [0.25, 0.3) is 23.4 Å².